The van der Waals surface area contributed by atoms with Crippen molar-refractivity contribution in [3.8, 4) is 0 Å². The molecule has 0 saturated heterocycles. The molecule has 0 fully saturated rings. The highest BCUT2D eigenvalue weighted by molar-refractivity contribution is 6.06. The van der Waals surface area contributed by atoms with Crippen molar-refractivity contribution in [2.45, 2.75) is 26.2 Å². The van der Waals surface area contributed by atoms with Crippen LogP contribution in [0.1, 0.15) is 26.2 Å². The average Bonchev–Trinajstić information content (AvgIpc) is 2.29. The van der Waals surface area contributed by atoms with Gasteiger partial charge in [-0.2, -0.15) is 0 Å². The van der Waals surface area contributed by atoms with E-state index in [1.807, 2.05) is 0 Å². The molecule has 0 aromatic carbocycles. The van der Waals surface area contributed by atoms with Crippen LogP contribution in [0.4, 0.5) is 0 Å². The minimum Gasteiger partial charge on any atom is -0.329 e. The van der Waals surface area contributed by atoms with Crippen molar-refractivity contribution in [3.63, 3.8) is 0 Å². The Morgan fingerprint density at radius 1 is 1.33 bits per heavy atom. The number of Topliss-reactive ketones (excluding diaryl/α,β-unsaturated/α-hetero) is 1. The highest BCUT2D eigenvalue weighted by Gasteiger charge is 2.35. The van der Waals surface area contributed by atoms with Gasteiger partial charge < -0.3 is 5.32 Å². The molecule has 0 bridgehead atoms. The zero-order valence-corrected chi connectivity index (χ0v) is 7.02. The number of nitrogens with one attached hydrogen (secondary N) is 1. The van der Waals surface area contributed by atoms with Crippen LogP contribution in [0.15, 0.2) is 11.3 Å². The van der Waals surface area contributed by atoms with Crippen molar-refractivity contribution in [1.82, 2.24) is 5.32 Å². The summed E-state index contributed by atoms with van der Waals surface area (Å²) in [5.41, 5.74) is 1.62. The topological polar surface area (TPSA) is 46.2 Å². The zero-order chi connectivity index (χ0) is 8.72. The van der Waals surface area contributed by atoms with Crippen molar-refractivity contribution in [2.24, 2.45) is 5.92 Å². The average molecular weight is 165 g/mol. The quantitative estimate of drug-likeness (QED) is 0.576. The van der Waals surface area contributed by atoms with Gasteiger partial charge in [0.2, 0.25) is 5.91 Å². The van der Waals surface area contributed by atoms with Crippen LogP contribution in [0.2, 0.25) is 0 Å². The number of ketones is 1. The van der Waals surface area contributed by atoms with Gasteiger partial charge in [-0.15, -0.1) is 0 Å². The van der Waals surface area contributed by atoms with E-state index < -0.39 is 0 Å². The molecule has 1 amide bonds. The van der Waals surface area contributed by atoms with Crippen molar-refractivity contribution in [1.29, 1.82) is 0 Å². The molecule has 1 aliphatic carbocycles. The minimum atomic E-state index is -0.215. The van der Waals surface area contributed by atoms with Crippen molar-refractivity contribution in [3.05, 3.63) is 11.3 Å². The predicted molar refractivity (Wildman–Crippen MR) is 43.2 cm³/mol. The summed E-state index contributed by atoms with van der Waals surface area (Å²) in [5, 5.41) is 2.76. The normalized spacial score (nSPS) is 28.9. The van der Waals surface area contributed by atoms with E-state index in [0.29, 0.717) is 6.42 Å². The summed E-state index contributed by atoms with van der Waals surface area (Å²) in [6.45, 7) is 1.79. The van der Waals surface area contributed by atoms with E-state index in [1.54, 1.807) is 6.92 Å². The van der Waals surface area contributed by atoms with Gasteiger partial charge in [-0.3, -0.25) is 9.59 Å². The Morgan fingerprint density at radius 3 is 2.75 bits per heavy atom. The molecule has 1 heterocycles. The minimum absolute atomic E-state index is 0.0183. The maximum Gasteiger partial charge on any atom is 0.231 e. The van der Waals surface area contributed by atoms with Crippen LogP contribution in [-0.2, 0) is 9.59 Å². The van der Waals surface area contributed by atoms with Crippen LogP contribution in [-0.4, -0.2) is 11.7 Å². The molecule has 0 aromatic heterocycles. The Balaban J connectivity index is 2.39. The standard InChI is InChI=1S/C9H11NO2/c1-5-8-6(10-9(5)12)3-2-4-7(8)11/h5H,2-4H2,1H3,(H,10,12). The first-order chi connectivity index (χ1) is 5.70. The van der Waals surface area contributed by atoms with E-state index in [9.17, 15) is 9.59 Å². The van der Waals surface area contributed by atoms with E-state index >= 15 is 0 Å². The second-order valence-electron chi connectivity index (χ2n) is 3.38. The van der Waals surface area contributed by atoms with Gasteiger partial charge in [0, 0.05) is 17.7 Å². The first kappa shape index (κ1) is 7.53. The lowest BCUT2D eigenvalue weighted by Crippen LogP contribution is -2.19. The first-order valence-corrected chi connectivity index (χ1v) is 4.27. The molecule has 2 aliphatic rings. The number of amides is 1. The molecule has 1 atom stereocenters. The van der Waals surface area contributed by atoms with Crippen LogP contribution >= 0.6 is 0 Å². The van der Waals surface area contributed by atoms with Crippen LogP contribution in [0.25, 0.3) is 0 Å². The molecule has 64 valence electrons. The van der Waals surface area contributed by atoms with Gasteiger partial charge in [-0.1, -0.05) is 0 Å². The molecular formula is C9H11NO2. The largest absolute Gasteiger partial charge is 0.329 e. The Morgan fingerprint density at radius 2 is 2.08 bits per heavy atom. The van der Waals surface area contributed by atoms with Gasteiger partial charge in [-0.05, 0) is 19.8 Å². The second kappa shape index (κ2) is 2.44. The maximum atomic E-state index is 11.4. The lowest BCUT2D eigenvalue weighted by atomic mass is 9.90. The molecule has 0 spiro atoms. The third-order valence-electron chi connectivity index (χ3n) is 2.56. The molecule has 0 aromatic rings. The Hall–Kier alpha value is -1.12. The van der Waals surface area contributed by atoms with E-state index in [2.05, 4.69) is 5.32 Å². The summed E-state index contributed by atoms with van der Waals surface area (Å²) < 4.78 is 0. The van der Waals surface area contributed by atoms with E-state index in [0.717, 1.165) is 24.1 Å². The fraction of sp³-hybridized carbons (Fsp3) is 0.556. The van der Waals surface area contributed by atoms with Crippen LogP contribution in [0, 0.1) is 5.92 Å². The van der Waals surface area contributed by atoms with E-state index in [4.69, 9.17) is 0 Å². The summed E-state index contributed by atoms with van der Waals surface area (Å²) in [6, 6.07) is 0. The molecule has 0 saturated carbocycles. The summed E-state index contributed by atoms with van der Waals surface area (Å²) in [6.07, 6.45) is 2.35. The maximum absolute atomic E-state index is 11.4. The molecule has 3 heteroatoms. The lowest BCUT2D eigenvalue weighted by Gasteiger charge is -2.12. The Bertz CT molecular complexity index is 291. The SMILES string of the molecule is CC1C(=O)NC2=C1C(=O)CCC2. The second-order valence-corrected chi connectivity index (χ2v) is 3.38. The van der Waals surface area contributed by atoms with Crippen LogP contribution in [0.3, 0.4) is 0 Å². The number of hydrogen-bond acceptors (Lipinski definition) is 2. The highest BCUT2D eigenvalue weighted by atomic mass is 16.2. The number of hydrogen-bond donors (Lipinski definition) is 1. The molecule has 1 N–H and O–H groups in total. The molecule has 2 rings (SSSR count). The van der Waals surface area contributed by atoms with E-state index in [-0.39, 0.29) is 17.6 Å². The fourth-order valence-corrected chi connectivity index (χ4v) is 1.88. The van der Waals surface area contributed by atoms with Gasteiger partial charge in [0.15, 0.2) is 5.78 Å². The summed E-state index contributed by atoms with van der Waals surface area (Å²) in [7, 11) is 0. The molecule has 12 heavy (non-hydrogen) atoms. The summed E-state index contributed by atoms with van der Waals surface area (Å²) >= 11 is 0. The monoisotopic (exact) mass is 165 g/mol. The van der Waals surface area contributed by atoms with Gasteiger partial charge in [0.25, 0.3) is 0 Å². The lowest BCUT2D eigenvalue weighted by molar-refractivity contribution is -0.123. The Labute approximate surface area is 70.8 Å². The highest BCUT2D eigenvalue weighted by Crippen LogP contribution is 2.30. The summed E-state index contributed by atoms with van der Waals surface area (Å²) in [4.78, 5) is 22.6. The fourth-order valence-electron chi connectivity index (χ4n) is 1.88. The predicted octanol–water partition coefficient (Wildman–Crippen LogP) is 0.759. The molecular weight excluding hydrogens is 154 g/mol. The van der Waals surface area contributed by atoms with Crippen LogP contribution < -0.4 is 5.32 Å². The summed E-state index contributed by atoms with van der Waals surface area (Å²) in [5.74, 6) is -0.0786. The number of rotatable bonds is 0. The third kappa shape index (κ3) is 0.891. The van der Waals surface area contributed by atoms with Gasteiger partial charge in [0.05, 0.1) is 5.92 Å². The number of carbonyl (C=O) groups is 2. The number of allylic oxidation sites excluding steroid dienone is 1. The Kier molecular flexibility index (Phi) is 1.53. The van der Waals surface area contributed by atoms with Crippen molar-refractivity contribution in [2.75, 3.05) is 0 Å². The van der Waals surface area contributed by atoms with Gasteiger partial charge in [-0.25, -0.2) is 0 Å². The van der Waals surface area contributed by atoms with Crippen molar-refractivity contribution >= 4 is 11.7 Å². The first-order valence-electron chi connectivity index (χ1n) is 4.27. The zero-order valence-electron chi connectivity index (χ0n) is 7.02. The van der Waals surface area contributed by atoms with Crippen LogP contribution in [0.5, 0.6) is 0 Å². The molecule has 3 nitrogen and oxygen atoms in total. The van der Waals surface area contributed by atoms with E-state index in [1.165, 1.54) is 0 Å². The van der Waals surface area contributed by atoms with Crippen molar-refractivity contribution < 1.29 is 9.59 Å². The van der Waals surface area contributed by atoms with Gasteiger partial charge >= 0.3 is 0 Å². The van der Waals surface area contributed by atoms with Gasteiger partial charge in [0.1, 0.15) is 0 Å². The molecule has 0 radical (unpaired) electrons. The number of carbonyl (C=O) groups excluding carboxylic acids is 2. The smallest absolute Gasteiger partial charge is 0.231 e. The third-order valence-corrected chi connectivity index (χ3v) is 2.56. The molecule has 1 aliphatic heterocycles. The molecule has 1 unspecified atom stereocenters.